The van der Waals surface area contributed by atoms with Gasteiger partial charge >= 0.3 is 0 Å². The normalized spacial score (nSPS) is 14.3. The maximum atomic E-state index is 5.59. The summed E-state index contributed by atoms with van der Waals surface area (Å²) in [6.45, 7) is 7.66. The minimum Gasteiger partial charge on any atom is -0.496 e. The lowest BCUT2D eigenvalue weighted by Gasteiger charge is -2.29. The molecule has 1 aliphatic heterocycles. The first kappa shape index (κ1) is 19.0. The van der Waals surface area contributed by atoms with Crippen molar-refractivity contribution in [1.82, 2.24) is 4.90 Å². The number of unbranched alkanes of at least 4 members (excludes halogenated alkanes) is 2. The Hall–Kier alpha value is -1.80. The van der Waals surface area contributed by atoms with Crippen molar-refractivity contribution in [3.8, 4) is 5.75 Å². The van der Waals surface area contributed by atoms with Crippen LogP contribution in [-0.2, 0) is 32.4 Å². The van der Waals surface area contributed by atoms with Crippen LogP contribution >= 0.6 is 0 Å². The van der Waals surface area contributed by atoms with Gasteiger partial charge < -0.3 is 4.74 Å². The zero-order chi connectivity index (χ0) is 18.4. The first-order chi connectivity index (χ1) is 12.7. The third-order valence-electron chi connectivity index (χ3n) is 5.57. The van der Waals surface area contributed by atoms with Crippen LogP contribution in [0.15, 0.2) is 36.4 Å². The lowest BCUT2D eigenvalue weighted by Crippen LogP contribution is -2.30. The van der Waals surface area contributed by atoms with Gasteiger partial charge in [-0.2, -0.15) is 0 Å². The summed E-state index contributed by atoms with van der Waals surface area (Å²) in [7, 11) is 1.78. The number of nitrogens with zero attached hydrogens (tertiary/aromatic N) is 1. The molecule has 1 aliphatic rings. The quantitative estimate of drug-likeness (QED) is 0.578. The fourth-order valence-electron chi connectivity index (χ4n) is 3.95. The van der Waals surface area contributed by atoms with Crippen molar-refractivity contribution < 1.29 is 4.74 Å². The zero-order valence-electron chi connectivity index (χ0n) is 16.7. The average molecular weight is 352 g/mol. The third kappa shape index (κ3) is 4.67. The predicted octanol–water partition coefficient (Wildman–Crippen LogP) is 5.55. The molecule has 0 saturated carbocycles. The number of benzene rings is 2. The van der Waals surface area contributed by atoms with Crippen LogP contribution in [-0.4, -0.2) is 18.6 Å². The zero-order valence-corrected chi connectivity index (χ0v) is 16.7. The number of hydrogen-bond acceptors (Lipinski definition) is 2. The van der Waals surface area contributed by atoms with Crippen molar-refractivity contribution in [1.29, 1.82) is 0 Å². The molecule has 0 spiro atoms. The van der Waals surface area contributed by atoms with E-state index < -0.39 is 0 Å². The fraction of sp³-hybridized carbons (Fsp3) is 0.500. The molecule has 0 radical (unpaired) electrons. The Morgan fingerprint density at radius 1 is 0.962 bits per heavy atom. The number of hydrogen-bond donors (Lipinski definition) is 0. The van der Waals surface area contributed by atoms with Gasteiger partial charge in [0, 0.05) is 19.6 Å². The highest BCUT2D eigenvalue weighted by atomic mass is 16.5. The van der Waals surface area contributed by atoms with Crippen LogP contribution in [0.1, 0.15) is 60.9 Å². The molecule has 0 amide bonds. The molecule has 2 heteroatoms. The summed E-state index contributed by atoms with van der Waals surface area (Å²) in [4.78, 5) is 2.56. The van der Waals surface area contributed by atoms with Crippen molar-refractivity contribution in [3.05, 3.63) is 64.2 Å². The molecule has 0 fully saturated rings. The van der Waals surface area contributed by atoms with Crippen molar-refractivity contribution in [2.24, 2.45) is 0 Å². The molecule has 0 bridgehead atoms. The van der Waals surface area contributed by atoms with Gasteiger partial charge in [0.1, 0.15) is 5.75 Å². The Morgan fingerprint density at radius 2 is 1.73 bits per heavy atom. The Balaban J connectivity index is 1.62. The molecule has 1 heterocycles. The lowest BCUT2D eigenvalue weighted by molar-refractivity contribution is 0.245. The summed E-state index contributed by atoms with van der Waals surface area (Å²) in [5.74, 6) is 1.05. The molecule has 0 aliphatic carbocycles. The predicted molar refractivity (Wildman–Crippen MR) is 110 cm³/mol. The fourth-order valence-corrected chi connectivity index (χ4v) is 3.95. The van der Waals surface area contributed by atoms with Crippen molar-refractivity contribution in [3.63, 3.8) is 0 Å². The number of methoxy groups -OCH3 is 1. The number of ether oxygens (including phenoxy) is 1. The highest BCUT2D eigenvalue weighted by Gasteiger charge is 2.18. The topological polar surface area (TPSA) is 12.5 Å². The smallest absolute Gasteiger partial charge is 0.122 e. The van der Waals surface area contributed by atoms with Gasteiger partial charge in [0.05, 0.1) is 7.11 Å². The van der Waals surface area contributed by atoms with Gasteiger partial charge in [-0.3, -0.25) is 4.90 Å². The van der Waals surface area contributed by atoms with Crippen LogP contribution in [0.3, 0.4) is 0 Å². The highest BCUT2D eigenvalue weighted by Crippen LogP contribution is 2.29. The van der Waals surface area contributed by atoms with E-state index >= 15 is 0 Å². The van der Waals surface area contributed by atoms with Gasteiger partial charge in [0.15, 0.2) is 0 Å². The molecule has 0 N–H and O–H groups in total. The van der Waals surface area contributed by atoms with E-state index in [2.05, 4.69) is 55.1 Å². The standard InChI is InChI=1S/C24H33NO/c1-4-6-7-8-19-9-11-20(12-10-19)17-25-14-13-22-15-21(5-2)24(26-3)16-23(22)18-25/h9-12,15-16H,4-8,13-14,17-18H2,1-3H3. The van der Waals surface area contributed by atoms with Crippen molar-refractivity contribution >= 4 is 0 Å². The molecule has 0 atom stereocenters. The molecule has 140 valence electrons. The summed E-state index contributed by atoms with van der Waals surface area (Å²) in [5, 5.41) is 0. The van der Waals surface area contributed by atoms with E-state index in [1.54, 1.807) is 7.11 Å². The summed E-state index contributed by atoms with van der Waals surface area (Å²) in [6, 6.07) is 13.9. The summed E-state index contributed by atoms with van der Waals surface area (Å²) in [6.07, 6.45) is 7.31. The number of aryl methyl sites for hydroxylation is 2. The first-order valence-electron chi connectivity index (χ1n) is 10.2. The summed E-state index contributed by atoms with van der Waals surface area (Å²) < 4.78 is 5.59. The minimum atomic E-state index is 1.02. The van der Waals surface area contributed by atoms with E-state index in [-0.39, 0.29) is 0 Å². The van der Waals surface area contributed by atoms with E-state index in [1.807, 2.05) is 0 Å². The second-order valence-corrected chi connectivity index (χ2v) is 7.52. The monoisotopic (exact) mass is 351 g/mol. The molecule has 3 rings (SSSR count). The van der Waals surface area contributed by atoms with E-state index in [0.29, 0.717) is 0 Å². The molecule has 2 aromatic carbocycles. The summed E-state index contributed by atoms with van der Waals surface area (Å²) >= 11 is 0. The van der Waals surface area contributed by atoms with Crippen molar-refractivity contribution in [2.75, 3.05) is 13.7 Å². The average Bonchev–Trinajstić information content (AvgIpc) is 2.68. The van der Waals surface area contributed by atoms with Gasteiger partial charge in [-0.25, -0.2) is 0 Å². The van der Waals surface area contributed by atoms with Crippen molar-refractivity contribution in [2.45, 2.75) is 65.5 Å². The maximum absolute atomic E-state index is 5.59. The molecule has 26 heavy (non-hydrogen) atoms. The molecular formula is C24H33NO. The lowest BCUT2D eigenvalue weighted by atomic mass is 9.95. The molecule has 2 aromatic rings. The van der Waals surface area contributed by atoms with Crippen LogP contribution in [0.4, 0.5) is 0 Å². The molecular weight excluding hydrogens is 318 g/mol. The van der Waals surface area contributed by atoms with Gasteiger partial charge in [-0.15, -0.1) is 0 Å². The second kappa shape index (κ2) is 9.23. The first-order valence-corrected chi connectivity index (χ1v) is 10.2. The third-order valence-corrected chi connectivity index (χ3v) is 5.57. The Morgan fingerprint density at radius 3 is 2.42 bits per heavy atom. The Bertz CT molecular complexity index is 705. The van der Waals surface area contributed by atoms with Gasteiger partial charge in [-0.1, -0.05) is 57.0 Å². The molecule has 0 aromatic heterocycles. The van der Waals surface area contributed by atoms with Gasteiger partial charge in [-0.05, 0) is 59.6 Å². The van der Waals surface area contributed by atoms with Gasteiger partial charge in [0.25, 0.3) is 0 Å². The van der Waals surface area contributed by atoms with Crippen LogP contribution in [0.2, 0.25) is 0 Å². The largest absolute Gasteiger partial charge is 0.496 e. The maximum Gasteiger partial charge on any atom is 0.122 e. The minimum absolute atomic E-state index is 1.02. The van der Waals surface area contributed by atoms with Crippen LogP contribution in [0.5, 0.6) is 5.75 Å². The molecule has 2 nitrogen and oxygen atoms in total. The van der Waals surface area contributed by atoms with E-state index in [9.17, 15) is 0 Å². The van der Waals surface area contributed by atoms with Crippen LogP contribution in [0.25, 0.3) is 0 Å². The highest BCUT2D eigenvalue weighted by molar-refractivity contribution is 5.44. The SMILES string of the molecule is CCCCCc1ccc(CN2CCc3cc(CC)c(OC)cc3C2)cc1. The van der Waals surface area contributed by atoms with Crippen LogP contribution in [0, 0.1) is 0 Å². The van der Waals surface area contributed by atoms with E-state index in [0.717, 1.165) is 38.2 Å². The number of rotatable bonds is 8. The molecule has 0 unspecified atom stereocenters. The summed E-state index contributed by atoms with van der Waals surface area (Å²) in [5.41, 5.74) is 7.16. The van der Waals surface area contributed by atoms with E-state index in [1.165, 1.54) is 53.5 Å². The van der Waals surface area contributed by atoms with Crippen LogP contribution < -0.4 is 4.74 Å². The Kier molecular flexibility index (Phi) is 6.73. The number of fused-ring (bicyclic) bond motifs is 1. The second-order valence-electron chi connectivity index (χ2n) is 7.52. The Labute approximate surface area is 159 Å². The molecule has 0 saturated heterocycles. The van der Waals surface area contributed by atoms with E-state index in [4.69, 9.17) is 4.74 Å². The van der Waals surface area contributed by atoms with Gasteiger partial charge in [0.2, 0.25) is 0 Å².